The van der Waals surface area contributed by atoms with Crippen molar-refractivity contribution >= 4 is 0 Å². The third kappa shape index (κ3) is 4.02. The van der Waals surface area contributed by atoms with Crippen molar-refractivity contribution in [2.45, 2.75) is 37.1 Å². The van der Waals surface area contributed by atoms with E-state index in [9.17, 15) is 22.7 Å². The average Bonchev–Trinajstić information content (AvgIpc) is 3.11. The number of hydrogen-bond acceptors (Lipinski definition) is 2. The number of hydrogen-bond donors (Lipinski definition) is 2. The van der Waals surface area contributed by atoms with Gasteiger partial charge in [0.15, 0.2) is 0 Å². The average molecular weight is 353 g/mol. The highest BCUT2D eigenvalue weighted by Crippen LogP contribution is 2.36. The highest BCUT2D eigenvalue weighted by Gasteiger charge is 2.35. The summed E-state index contributed by atoms with van der Waals surface area (Å²) in [4.78, 5) is 0. The van der Waals surface area contributed by atoms with E-state index >= 15 is 0 Å². The first-order valence-corrected chi connectivity index (χ1v) is 8.20. The number of aliphatic hydroxyl groups is 1. The van der Waals surface area contributed by atoms with E-state index in [1.165, 1.54) is 30.3 Å². The maximum atomic E-state index is 13.3. The minimum absolute atomic E-state index is 0.204. The van der Waals surface area contributed by atoms with Gasteiger partial charge in [0.05, 0.1) is 11.7 Å². The van der Waals surface area contributed by atoms with Gasteiger partial charge in [-0.15, -0.1) is 0 Å². The lowest BCUT2D eigenvalue weighted by Gasteiger charge is -2.29. The van der Waals surface area contributed by atoms with Crippen LogP contribution in [0.1, 0.15) is 35.4 Å². The zero-order chi connectivity index (χ0) is 18.0. The zero-order valence-corrected chi connectivity index (χ0v) is 13.4. The van der Waals surface area contributed by atoms with Crippen molar-refractivity contribution in [2.24, 2.45) is 0 Å². The summed E-state index contributed by atoms with van der Waals surface area (Å²) in [5.74, 6) is -1.10. The van der Waals surface area contributed by atoms with Crippen molar-refractivity contribution in [1.29, 1.82) is 0 Å². The molecule has 2 N–H and O–H groups in total. The van der Waals surface area contributed by atoms with Gasteiger partial charge in [0.2, 0.25) is 0 Å². The lowest BCUT2D eigenvalue weighted by atomic mass is 9.82. The lowest BCUT2D eigenvalue weighted by Crippen LogP contribution is -2.39. The molecule has 3 atom stereocenters. The third-order valence-corrected chi connectivity index (χ3v) is 4.65. The molecule has 0 amide bonds. The highest BCUT2D eigenvalue weighted by atomic mass is 19.4. The molecule has 0 aromatic heterocycles. The van der Waals surface area contributed by atoms with Crippen LogP contribution in [0.5, 0.6) is 0 Å². The fraction of sp³-hybridized carbons (Fsp3) is 0.368. The Labute approximate surface area is 143 Å². The van der Waals surface area contributed by atoms with E-state index in [0.29, 0.717) is 11.1 Å². The van der Waals surface area contributed by atoms with Crippen LogP contribution in [0.15, 0.2) is 48.5 Å². The van der Waals surface area contributed by atoms with E-state index in [1.54, 1.807) is 6.07 Å². The predicted molar refractivity (Wildman–Crippen MR) is 86.7 cm³/mol. The summed E-state index contributed by atoms with van der Waals surface area (Å²) in [7, 11) is 0. The van der Waals surface area contributed by atoms with Crippen LogP contribution in [0.2, 0.25) is 0 Å². The second-order valence-corrected chi connectivity index (χ2v) is 6.35. The van der Waals surface area contributed by atoms with Gasteiger partial charge >= 0.3 is 6.18 Å². The summed E-state index contributed by atoms with van der Waals surface area (Å²) in [6, 6.07) is 10.3. The van der Waals surface area contributed by atoms with Gasteiger partial charge in [-0.2, -0.15) is 13.2 Å². The molecule has 2 aromatic rings. The van der Waals surface area contributed by atoms with Gasteiger partial charge in [-0.05, 0) is 48.7 Å². The summed E-state index contributed by atoms with van der Waals surface area (Å²) >= 11 is 0. The zero-order valence-electron chi connectivity index (χ0n) is 13.4. The molecule has 2 unspecified atom stereocenters. The van der Waals surface area contributed by atoms with Crippen molar-refractivity contribution in [3.8, 4) is 0 Å². The maximum Gasteiger partial charge on any atom is 0.416 e. The first kappa shape index (κ1) is 17.9. The number of nitrogens with one attached hydrogen (secondary N) is 1. The molecule has 2 aromatic carbocycles. The Morgan fingerprint density at radius 1 is 1.04 bits per heavy atom. The summed E-state index contributed by atoms with van der Waals surface area (Å²) in [5, 5.41) is 14.0. The topological polar surface area (TPSA) is 32.3 Å². The third-order valence-electron chi connectivity index (χ3n) is 4.65. The number of rotatable bonds is 4. The molecule has 0 saturated carbocycles. The van der Waals surface area contributed by atoms with Crippen molar-refractivity contribution in [2.75, 3.05) is 6.54 Å². The second kappa shape index (κ2) is 7.14. The van der Waals surface area contributed by atoms with E-state index in [-0.39, 0.29) is 6.04 Å². The van der Waals surface area contributed by atoms with Crippen LogP contribution in [0, 0.1) is 5.82 Å². The molecular formula is C19H19F4NO. The molecule has 0 radical (unpaired) electrons. The quantitative estimate of drug-likeness (QED) is 0.812. The molecule has 1 heterocycles. The molecule has 0 spiro atoms. The number of aliphatic hydroxyl groups excluding tert-OH is 1. The summed E-state index contributed by atoms with van der Waals surface area (Å²) in [6.45, 7) is 0.764. The lowest BCUT2D eigenvalue weighted by molar-refractivity contribution is -0.137. The molecule has 2 nitrogen and oxygen atoms in total. The van der Waals surface area contributed by atoms with Crippen molar-refractivity contribution in [3.05, 3.63) is 71.0 Å². The molecule has 3 rings (SSSR count). The van der Waals surface area contributed by atoms with Crippen LogP contribution >= 0.6 is 0 Å². The summed E-state index contributed by atoms with van der Waals surface area (Å²) < 4.78 is 52.4. The van der Waals surface area contributed by atoms with Crippen LogP contribution in [0.4, 0.5) is 17.6 Å². The fourth-order valence-corrected chi connectivity index (χ4v) is 3.40. The monoisotopic (exact) mass is 353 g/mol. The van der Waals surface area contributed by atoms with E-state index in [4.69, 9.17) is 0 Å². The Morgan fingerprint density at radius 2 is 1.76 bits per heavy atom. The van der Waals surface area contributed by atoms with Crippen LogP contribution in [0.3, 0.4) is 0 Å². The number of halogens is 4. The Hall–Kier alpha value is -1.92. The van der Waals surface area contributed by atoms with E-state index < -0.39 is 29.6 Å². The molecule has 0 aliphatic carbocycles. The Kier molecular flexibility index (Phi) is 5.11. The van der Waals surface area contributed by atoms with Gasteiger partial charge in [0, 0.05) is 12.0 Å². The van der Waals surface area contributed by atoms with Crippen molar-refractivity contribution in [1.82, 2.24) is 5.32 Å². The molecule has 134 valence electrons. The normalized spacial score (nSPS) is 20.4. The Bertz CT molecular complexity index is 708. The van der Waals surface area contributed by atoms with Gasteiger partial charge in [0.1, 0.15) is 5.82 Å². The van der Waals surface area contributed by atoms with Crippen molar-refractivity contribution < 1.29 is 22.7 Å². The molecule has 0 bridgehead atoms. The molecule has 1 aliphatic rings. The molecule has 6 heteroatoms. The molecule has 25 heavy (non-hydrogen) atoms. The van der Waals surface area contributed by atoms with Crippen LogP contribution < -0.4 is 5.32 Å². The van der Waals surface area contributed by atoms with Gasteiger partial charge in [-0.3, -0.25) is 0 Å². The maximum absolute atomic E-state index is 13.3. The number of alkyl halides is 3. The van der Waals surface area contributed by atoms with Gasteiger partial charge < -0.3 is 10.4 Å². The molecule has 1 saturated heterocycles. The van der Waals surface area contributed by atoms with Gasteiger partial charge in [-0.1, -0.05) is 30.3 Å². The van der Waals surface area contributed by atoms with Gasteiger partial charge in [-0.25, -0.2) is 4.39 Å². The van der Waals surface area contributed by atoms with E-state index in [1.807, 2.05) is 0 Å². The SMILES string of the molecule is OC(C(c1ccc(F)cc1)c1cccc(C(F)(F)F)c1)[C@H]1CCCN1. The van der Waals surface area contributed by atoms with Crippen LogP contribution in [-0.2, 0) is 6.18 Å². The molecular weight excluding hydrogens is 334 g/mol. The van der Waals surface area contributed by atoms with E-state index in [2.05, 4.69) is 5.32 Å². The minimum Gasteiger partial charge on any atom is -0.391 e. The summed E-state index contributed by atoms with van der Waals surface area (Å²) in [6.07, 6.45) is -3.71. The largest absolute Gasteiger partial charge is 0.416 e. The Morgan fingerprint density at radius 3 is 2.36 bits per heavy atom. The standard InChI is InChI=1S/C19H19F4NO/c20-15-8-6-12(7-9-15)17(18(25)16-5-2-10-24-16)13-3-1-4-14(11-13)19(21,22)23/h1,3-4,6-9,11,16-18,24-25H,2,5,10H2/t16-,17?,18?/m1/s1. The molecule has 1 fully saturated rings. The van der Waals surface area contributed by atoms with Crippen LogP contribution in [0.25, 0.3) is 0 Å². The smallest absolute Gasteiger partial charge is 0.391 e. The second-order valence-electron chi connectivity index (χ2n) is 6.35. The summed E-state index contributed by atoms with van der Waals surface area (Å²) in [5.41, 5.74) is 0.188. The first-order valence-electron chi connectivity index (χ1n) is 8.20. The van der Waals surface area contributed by atoms with Gasteiger partial charge in [0.25, 0.3) is 0 Å². The Balaban J connectivity index is 2.02. The first-order chi connectivity index (χ1) is 11.9. The number of benzene rings is 2. The van der Waals surface area contributed by atoms with Crippen molar-refractivity contribution in [3.63, 3.8) is 0 Å². The minimum atomic E-state index is -4.46. The van der Waals surface area contributed by atoms with Crippen LogP contribution in [-0.4, -0.2) is 23.8 Å². The van der Waals surface area contributed by atoms with E-state index in [0.717, 1.165) is 31.5 Å². The fourth-order valence-electron chi connectivity index (χ4n) is 3.40. The highest BCUT2D eigenvalue weighted by molar-refractivity contribution is 5.37. The molecule has 1 aliphatic heterocycles. The predicted octanol–water partition coefficient (Wildman–Crippen LogP) is 4.09.